The van der Waals surface area contributed by atoms with E-state index in [0.29, 0.717) is 10.5 Å². The van der Waals surface area contributed by atoms with E-state index in [0.717, 1.165) is 10.7 Å². The van der Waals surface area contributed by atoms with Gasteiger partial charge in [0.1, 0.15) is 17.3 Å². The van der Waals surface area contributed by atoms with E-state index in [4.69, 9.17) is 14.6 Å². The van der Waals surface area contributed by atoms with Gasteiger partial charge in [0.25, 0.3) is 11.8 Å². The number of carbonyl (C=O) groups is 1. The number of hydrogen-bond donors (Lipinski definition) is 1. The summed E-state index contributed by atoms with van der Waals surface area (Å²) in [6.45, 7) is -6.16. The van der Waals surface area contributed by atoms with Crippen molar-refractivity contribution in [2.24, 2.45) is 5.73 Å². The standard InChI is InChI=1S/C26H20F5N7O2/c1-37-15-5-13(17-12(22(37)39)3-2-4-16(17)40-24(28)29)18-20(15)36-38-8-14(27)19(35-21(18)38)11-6-33-23(34-7-11)25(32)9-26(30,31)10-25/h2-4,6-8,13,15,24H,5,9-10,32H2,1H3/t13-,15-/m1/s1/i1D3. The maximum absolute atomic E-state index is 15.4. The highest BCUT2D eigenvalue weighted by atomic mass is 19.3. The molecule has 3 aromatic heterocycles. The molecule has 2 bridgehead atoms. The zero-order chi connectivity index (χ0) is 30.6. The number of rotatable bonds is 4. The Morgan fingerprint density at radius 2 is 1.95 bits per heavy atom. The molecule has 1 amide bonds. The van der Waals surface area contributed by atoms with Crippen LogP contribution in [0.1, 0.15) is 68.3 Å². The molecule has 4 heterocycles. The molecule has 0 saturated heterocycles. The van der Waals surface area contributed by atoms with Gasteiger partial charge in [0.15, 0.2) is 11.5 Å². The molecule has 1 saturated carbocycles. The highest BCUT2D eigenvalue weighted by Crippen LogP contribution is 2.53. The second-order valence-corrected chi connectivity index (χ2v) is 10.2. The van der Waals surface area contributed by atoms with Crippen LogP contribution in [-0.4, -0.2) is 54.9 Å². The Labute approximate surface area is 227 Å². The first-order valence-electron chi connectivity index (χ1n) is 13.7. The summed E-state index contributed by atoms with van der Waals surface area (Å²) < 4.78 is 99.2. The van der Waals surface area contributed by atoms with Crippen molar-refractivity contribution >= 4 is 11.6 Å². The third kappa shape index (κ3) is 3.51. The summed E-state index contributed by atoms with van der Waals surface area (Å²) in [7, 11) is 0. The van der Waals surface area contributed by atoms with E-state index in [-0.39, 0.29) is 51.7 Å². The number of hydrogen-bond acceptors (Lipinski definition) is 7. The van der Waals surface area contributed by atoms with E-state index in [1.807, 2.05) is 0 Å². The Balaban J connectivity index is 1.39. The van der Waals surface area contributed by atoms with E-state index in [1.54, 1.807) is 0 Å². The van der Waals surface area contributed by atoms with Crippen LogP contribution in [0.25, 0.3) is 16.9 Å². The summed E-state index contributed by atoms with van der Waals surface area (Å²) in [5.41, 5.74) is 4.88. The largest absolute Gasteiger partial charge is 0.434 e. The molecule has 9 nitrogen and oxygen atoms in total. The first kappa shape index (κ1) is 21.6. The van der Waals surface area contributed by atoms with Crippen LogP contribution in [0.4, 0.5) is 22.0 Å². The summed E-state index contributed by atoms with van der Waals surface area (Å²) in [5.74, 6) is -5.90. The molecule has 2 aliphatic carbocycles. The van der Waals surface area contributed by atoms with Gasteiger partial charge in [-0.3, -0.25) is 4.79 Å². The molecule has 0 spiro atoms. The Kier molecular flexibility index (Phi) is 4.41. The zero-order valence-corrected chi connectivity index (χ0v) is 20.3. The highest BCUT2D eigenvalue weighted by Gasteiger charge is 2.57. The van der Waals surface area contributed by atoms with E-state index in [9.17, 15) is 22.4 Å². The lowest BCUT2D eigenvalue weighted by molar-refractivity contribution is -0.127. The van der Waals surface area contributed by atoms with Crippen molar-refractivity contribution in [3.05, 3.63) is 70.8 Å². The Hall–Kier alpha value is -4.20. The fourth-order valence-corrected chi connectivity index (χ4v) is 6.01. The molecule has 2 N–H and O–H groups in total. The lowest BCUT2D eigenvalue weighted by atomic mass is 9.73. The summed E-state index contributed by atoms with van der Waals surface area (Å²) in [4.78, 5) is 26.8. The minimum atomic E-state index is -3.23. The van der Waals surface area contributed by atoms with E-state index >= 15 is 4.39 Å². The van der Waals surface area contributed by atoms with Gasteiger partial charge in [0.05, 0.1) is 23.5 Å². The molecule has 7 rings (SSSR count). The van der Waals surface area contributed by atoms with E-state index in [1.165, 1.54) is 30.6 Å². The summed E-state index contributed by atoms with van der Waals surface area (Å²) >= 11 is 0. The number of ether oxygens (including phenoxy) is 1. The molecule has 4 aromatic rings. The average Bonchev–Trinajstić information content (AvgIpc) is 3.38. The predicted octanol–water partition coefficient (Wildman–Crippen LogP) is 4.17. The minimum Gasteiger partial charge on any atom is -0.434 e. The minimum absolute atomic E-state index is 0.0235. The smallest absolute Gasteiger partial charge is 0.387 e. The van der Waals surface area contributed by atoms with Crippen LogP contribution < -0.4 is 10.5 Å². The fraction of sp³-hybridized carbons (Fsp3) is 0.346. The van der Waals surface area contributed by atoms with Crippen LogP contribution in [0.5, 0.6) is 5.75 Å². The van der Waals surface area contributed by atoms with Crippen LogP contribution in [-0.2, 0) is 5.54 Å². The average molecular weight is 561 g/mol. The molecular weight excluding hydrogens is 537 g/mol. The van der Waals surface area contributed by atoms with E-state index < -0.39 is 61.6 Å². The number of aromatic nitrogens is 5. The van der Waals surface area contributed by atoms with Gasteiger partial charge in [-0.15, -0.1) is 0 Å². The molecule has 3 aliphatic rings. The Morgan fingerprint density at radius 3 is 2.62 bits per heavy atom. The summed E-state index contributed by atoms with van der Waals surface area (Å²) in [6, 6.07) is 2.79. The fourth-order valence-electron chi connectivity index (χ4n) is 6.01. The second-order valence-electron chi connectivity index (χ2n) is 10.2. The van der Waals surface area contributed by atoms with E-state index in [2.05, 4.69) is 20.1 Å². The molecule has 0 radical (unpaired) electrons. The Bertz CT molecular complexity index is 1810. The molecule has 40 heavy (non-hydrogen) atoms. The van der Waals surface area contributed by atoms with Gasteiger partial charge >= 0.3 is 6.61 Å². The second kappa shape index (κ2) is 8.16. The third-order valence-corrected chi connectivity index (χ3v) is 7.66. The number of halogens is 5. The third-order valence-electron chi connectivity index (χ3n) is 7.66. The van der Waals surface area contributed by atoms with Crippen molar-refractivity contribution in [1.82, 2.24) is 29.5 Å². The Morgan fingerprint density at radius 1 is 1.20 bits per heavy atom. The maximum atomic E-state index is 15.4. The highest BCUT2D eigenvalue weighted by molar-refractivity contribution is 5.98. The van der Waals surface area contributed by atoms with Crippen molar-refractivity contribution in [3.63, 3.8) is 0 Å². The lowest BCUT2D eigenvalue weighted by Crippen LogP contribution is -2.56. The van der Waals surface area contributed by atoms with Gasteiger partial charge in [-0.05, 0) is 18.6 Å². The van der Waals surface area contributed by atoms with Crippen LogP contribution in [0.2, 0.25) is 0 Å². The van der Waals surface area contributed by atoms with Crippen LogP contribution in [0, 0.1) is 5.82 Å². The van der Waals surface area contributed by atoms with Crippen molar-refractivity contribution in [1.29, 1.82) is 0 Å². The first-order chi connectivity index (χ1) is 20.2. The molecule has 0 unspecified atom stereocenters. The summed E-state index contributed by atoms with van der Waals surface area (Å²) in [5, 5.41) is 4.38. The molecule has 14 heteroatoms. The van der Waals surface area contributed by atoms with Crippen molar-refractivity contribution in [2.45, 2.75) is 49.3 Å². The molecular formula is C26H20F5N7O2. The lowest BCUT2D eigenvalue weighted by Gasteiger charge is -2.42. The topological polar surface area (TPSA) is 112 Å². The van der Waals surface area contributed by atoms with Crippen LogP contribution >= 0.6 is 0 Å². The quantitative estimate of drug-likeness (QED) is 0.373. The number of amides is 1. The summed E-state index contributed by atoms with van der Waals surface area (Å²) in [6.07, 6.45) is 2.12. The monoisotopic (exact) mass is 560 g/mol. The molecule has 2 atom stereocenters. The number of nitrogens with zero attached hydrogens (tertiary/aromatic N) is 6. The normalized spacial score (nSPS) is 23.6. The number of carbonyl (C=O) groups excluding carboxylic acids is 1. The SMILES string of the molecule is [2H]C([2H])([2H])N1C(=O)c2cccc(OC(F)F)c2[C@H]2C[C@@H]1c1nn3cc(F)c(-c4cnc(C5(N)CC(F)(F)C5)nc4)nc3c12. The van der Waals surface area contributed by atoms with Crippen LogP contribution in [0.3, 0.4) is 0 Å². The number of fused-ring (bicyclic) bond motifs is 9. The van der Waals surface area contributed by atoms with Gasteiger partial charge in [0, 0.05) is 64.5 Å². The van der Waals surface area contributed by atoms with Crippen molar-refractivity contribution in [3.8, 4) is 17.0 Å². The maximum Gasteiger partial charge on any atom is 0.387 e. The number of alkyl halides is 4. The van der Waals surface area contributed by atoms with Gasteiger partial charge in [-0.25, -0.2) is 32.6 Å². The molecule has 206 valence electrons. The number of nitrogens with two attached hydrogens (primary N) is 1. The molecule has 1 fully saturated rings. The molecule has 1 aromatic carbocycles. The zero-order valence-electron chi connectivity index (χ0n) is 23.3. The van der Waals surface area contributed by atoms with Crippen molar-refractivity contribution in [2.75, 3.05) is 6.98 Å². The molecule has 1 aliphatic heterocycles. The number of benzene rings is 1. The first-order valence-corrected chi connectivity index (χ1v) is 12.2. The van der Waals surface area contributed by atoms with Gasteiger partial charge in [-0.2, -0.15) is 13.9 Å². The predicted molar refractivity (Wildman–Crippen MR) is 128 cm³/mol. The van der Waals surface area contributed by atoms with Gasteiger partial charge in [-0.1, -0.05) is 6.07 Å². The van der Waals surface area contributed by atoms with Gasteiger partial charge in [0.2, 0.25) is 0 Å². The van der Waals surface area contributed by atoms with Gasteiger partial charge < -0.3 is 15.4 Å². The van der Waals surface area contributed by atoms with Crippen LogP contribution in [0.15, 0.2) is 36.8 Å². The van der Waals surface area contributed by atoms with Crippen molar-refractivity contribution < 1.29 is 35.6 Å².